The Balaban J connectivity index is 1.43. The Hall–Kier alpha value is -4.21. The number of hydrogen-bond donors (Lipinski definition) is 2. The molecule has 0 fully saturated rings. The fourth-order valence-electron chi connectivity index (χ4n) is 3.26. The topological polar surface area (TPSA) is 124 Å². The number of aromatic nitrogens is 3. The highest BCUT2D eigenvalue weighted by molar-refractivity contribution is 6.01. The Morgan fingerprint density at radius 1 is 1.12 bits per heavy atom. The zero-order valence-corrected chi connectivity index (χ0v) is 17.5. The monoisotopic (exact) mass is 435 g/mol. The summed E-state index contributed by atoms with van der Waals surface area (Å²) in [5.41, 5.74) is 1.64. The lowest BCUT2D eigenvalue weighted by Crippen LogP contribution is -2.23. The van der Waals surface area contributed by atoms with Gasteiger partial charge in [-0.1, -0.05) is 0 Å². The van der Waals surface area contributed by atoms with E-state index in [1.807, 2.05) is 12.1 Å². The molecule has 1 atom stereocenters. The van der Waals surface area contributed by atoms with E-state index < -0.39 is 12.0 Å². The zero-order chi connectivity index (χ0) is 22.7. The number of methoxy groups -OCH3 is 1. The minimum absolute atomic E-state index is 0.121. The molecule has 3 aromatic rings. The maximum Gasteiger partial charge on any atom is 0.338 e. The van der Waals surface area contributed by atoms with Crippen molar-refractivity contribution in [2.45, 2.75) is 19.4 Å². The van der Waals surface area contributed by atoms with Crippen molar-refractivity contribution in [1.29, 1.82) is 0 Å². The second kappa shape index (κ2) is 8.88. The maximum absolute atomic E-state index is 12.5. The minimum Gasteiger partial charge on any atom is -0.497 e. The molecule has 2 heterocycles. The molecular weight excluding hydrogens is 414 g/mol. The second-order valence-corrected chi connectivity index (χ2v) is 6.99. The summed E-state index contributed by atoms with van der Waals surface area (Å²) in [6.45, 7) is 2.01. The SMILES string of the molecule is CCOC(=O)c1ccc(NC(=O)CC2C(=O)Nc3nc(-c4ccc(OC)cc4)nn32)cc1. The van der Waals surface area contributed by atoms with Gasteiger partial charge in [0.05, 0.1) is 25.7 Å². The van der Waals surface area contributed by atoms with Crippen molar-refractivity contribution in [3.8, 4) is 17.1 Å². The molecule has 10 heteroatoms. The lowest BCUT2D eigenvalue weighted by atomic mass is 10.1. The fraction of sp³-hybridized carbons (Fsp3) is 0.227. The number of esters is 1. The number of fused-ring (bicyclic) bond motifs is 1. The van der Waals surface area contributed by atoms with Crippen molar-refractivity contribution in [3.63, 3.8) is 0 Å². The molecule has 0 radical (unpaired) electrons. The summed E-state index contributed by atoms with van der Waals surface area (Å²) < 4.78 is 11.5. The Morgan fingerprint density at radius 3 is 2.50 bits per heavy atom. The summed E-state index contributed by atoms with van der Waals surface area (Å²) in [6.07, 6.45) is -0.121. The van der Waals surface area contributed by atoms with Crippen molar-refractivity contribution in [2.24, 2.45) is 0 Å². The van der Waals surface area contributed by atoms with E-state index in [1.165, 1.54) is 4.68 Å². The van der Waals surface area contributed by atoms with Crippen LogP contribution in [0.1, 0.15) is 29.7 Å². The van der Waals surface area contributed by atoms with E-state index in [9.17, 15) is 14.4 Å². The van der Waals surface area contributed by atoms with Gasteiger partial charge in [-0.05, 0) is 55.5 Å². The Kier molecular flexibility index (Phi) is 5.84. The highest BCUT2D eigenvalue weighted by Crippen LogP contribution is 2.29. The van der Waals surface area contributed by atoms with Crippen LogP contribution in [0.5, 0.6) is 5.75 Å². The van der Waals surface area contributed by atoms with E-state index in [1.54, 1.807) is 50.4 Å². The molecule has 1 unspecified atom stereocenters. The lowest BCUT2D eigenvalue weighted by Gasteiger charge is -2.10. The molecule has 2 amide bonds. The second-order valence-electron chi connectivity index (χ2n) is 6.99. The fourth-order valence-corrected chi connectivity index (χ4v) is 3.26. The number of carbonyl (C=O) groups excluding carboxylic acids is 3. The van der Waals surface area contributed by atoms with Crippen molar-refractivity contribution < 1.29 is 23.9 Å². The number of anilines is 2. The molecule has 4 rings (SSSR count). The molecule has 0 saturated heterocycles. The van der Waals surface area contributed by atoms with Crippen LogP contribution in [0.4, 0.5) is 11.6 Å². The molecule has 32 heavy (non-hydrogen) atoms. The van der Waals surface area contributed by atoms with Crippen LogP contribution in [0.2, 0.25) is 0 Å². The highest BCUT2D eigenvalue weighted by Gasteiger charge is 2.35. The summed E-state index contributed by atoms with van der Waals surface area (Å²) in [5, 5.41) is 9.79. The first-order valence-electron chi connectivity index (χ1n) is 9.97. The van der Waals surface area contributed by atoms with E-state index >= 15 is 0 Å². The van der Waals surface area contributed by atoms with Crippen LogP contribution in [0.25, 0.3) is 11.4 Å². The van der Waals surface area contributed by atoms with Gasteiger partial charge >= 0.3 is 5.97 Å². The average Bonchev–Trinajstić information content (AvgIpc) is 3.33. The van der Waals surface area contributed by atoms with Crippen molar-refractivity contribution in [2.75, 3.05) is 24.4 Å². The average molecular weight is 435 g/mol. The molecule has 0 bridgehead atoms. The number of nitrogens with zero attached hydrogens (tertiary/aromatic N) is 3. The van der Waals surface area contributed by atoms with Gasteiger partial charge in [0.15, 0.2) is 5.82 Å². The van der Waals surface area contributed by atoms with E-state index in [0.717, 1.165) is 5.56 Å². The number of carbonyl (C=O) groups is 3. The molecule has 0 spiro atoms. The van der Waals surface area contributed by atoms with Gasteiger partial charge in [0.2, 0.25) is 11.9 Å². The smallest absolute Gasteiger partial charge is 0.338 e. The van der Waals surface area contributed by atoms with Gasteiger partial charge in [-0.3, -0.25) is 14.9 Å². The number of ether oxygens (including phenoxy) is 2. The van der Waals surface area contributed by atoms with Gasteiger partial charge in [0, 0.05) is 11.3 Å². The van der Waals surface area contributed by atoms with Crippen LogP contribution in [0.3, 0.4) is 0 Å². The van der Waals surface area contributed by atoms with Crippen LogP contribution in [-0.4, -0.2) is 46.3 Å². The third-order valence-corrected chi connectivity index (χ3v) is 4.87. The molecule has 164 valence electrons. The van der Waals surface area contributed by atoms with Crippen LogP contribution >= 0.6 is 0 Å². The number of amides is 2. The number of benzene rings is 2. The normalized spacial score (nSPS) is 14.4. The molecule has 1 aliphatic rings. The predicted octanol–water partition coefficient (Wildman–Crippen LogP) is 2.65. The quantitative estimate of drug-likeness (QED) is 0.547. The summed E-state index contributed by atoms with van der Waals surface area (Å²) in [5.74, 6) is 0.274. The van der Waals surface area contributed by atoms with Crippen LogP contribution < -0.4 is 15.4 Å². The Morgan fingerprint density at radius 2 is 1.84 bits per heavy atom. The number of hydrogen-bond acceptors (Lipinski definition) is 7. The standard InChI is InChI=1S/C22H21N5O5/c1-3-32-21(30)14-4-8-15(9-5-14)23-18(28)12-17-20(29)25-22-24-19(26-27(17)22)13-6-10-16(31-2)11-7-13/h4-11,17H,3,12H2,1-2H3,(H,23,28)(H,24,25,26,29). The van der Waals surface area contributed by atoms with Gasteiger partial charge in [0.1, 0.15) is 11.8 Å². The number of rotatable bonds is 7. The molecule has 10 nitrogen and oxygen atoms in total. The summed E-state index contributed by atoms with van der Waals surface area (Å²) in [4.78, 5) is 40.9. The molecule has 2 N–H and O–H groups in total. The van der Waals surface area contributed by atoms with Gasteiger partial charge in [-0.25, -0.2) is 9.48 Å². The van der Waals surface area contributed by atoms with Crippen molar-refractivity contribution in [1.82, 2.24) is 14.8 Å². The van der Waals surface area contributed by atoms with E-state index in [-0.39, 0.29) is 30.8 Å². The zero-order valence-electron chi connectivity index (χ0n) is 17.5. The molecule has 1 aromatic heterocycles. The largest absolute Gasteiger partial charge is 0.497 e. The first kappa shape index (κ1) is 21.0. The summed E-state index contributed by atoms with van der Waals surface area (Å²) in [6, 6.07) is 12.7. The van der Waals surface area contributed by atoms with Crippen molar-refractivity contribution in [3.05, 3.63) is 54.1 Å². The lowest BCUT2D eigenvalue weighted by molar-refractivity contribution is -0.123. The third-order valence-electron chi connectivity index (χ3n) is 4.87. The molecule has 0 saturated carbocycles. The van der Waals surface area contributed by atoms with E-state index in [2.05, 4.69) is 20.7 Å². The molecule has 1 aliphatic heterocycles. The van der Waals surface area contributed by atoms with Crippen LogP contribution in [-0.2, 0) is 14.3 Å². The van der Waals surface area contributed by atoms with Gasteiger partial charge < -0.3 is 14.8 Å². The van der Waals surface area contributed by atoms with Crippen molar-refractivity contribution >= 4 is 29.4 Å². The van der Waals surface area contributed by atoms with Gasteiger partial charge in [0.25, 0.3) is 5.91 Å². The minimum atomic E-state index is -0.816. The van der Waals surface area contributed by atoms with Gasteiger partial charge in [-0.15, -0.1) is 5.10 Å². The van der Waals surface area contributed by atoms with E-state index in [0.29, 0.717) is 22.8 Å². The summed E-state index contributed by atoms with van der Waals surface area (Å²) in [7, 11) is 1.58. The first-order valence-corrected chi connectivity index (χ1v) is 9.97. The molecular formula is C22H21N5O5. The Labute approximate surface area is 183 Å². The maximum atomic E-state index is 12.5. The molecule has 2 aromatic carbocycles. The number of nitrogens with one attached hydrogen (secondary N) is 2. The van der Waals surface area contributed by atoms with Gasteiger partial charge in [-0.2, -0.15) is 4.98 Å². The Bertz CT molecular complexity index is 1150. The highest BCUT2D eigenvalue weighted by atomic mass is 16.5. The summed E-state index contributed by atoms with van der Waals surface area (Å²) >= 11 is 0. The molecule has 0 aliphatic carbocycles. The van der Waals surface area contributed by atoms with Crippen LogP contribution in [0, 0.1) is 0 Å². The predicted molar refractivity (Wildman–Crippen MR) is 115 cm³/mol. The van der Waals surface area contributed by atoms with Crippen LogP contribution in [0.15, 0.2) is 48.5 Å². The third kappa shape index (κ3) is 4.29. The van der Waals surface area contributed by atoms with E-state index in [4.69, 9.17) is 9.47 Å². The first-order chi connectivity index (χ1) is 15.5.